The lowest BCUT2D eigenvalue weighted by atomic mass is 10.1. The fourth-order valence-electron chi connectivity index (χ4n) is 3.58. The van der Waals surface area contributed by atoms with Gasteiger partial charge in [-0.2, -0.15) is 0 Å². The molecule has 2 aromatic rings. The summed E-state index contributed by atoms with van der Waals surface area (Å²) in [5, 5.41) is 4.13. The van der Waals surface area contributed by atoms with E-state index in [2.05, 4.69) is 5.32 Å². The number of hydrogen-bond donors (Lipinski definition) is 1. The Morgan fingerprint density at radius 2 is 1.61 bits per heavy atom. The Bertz CT molecular complexity index is 1120. The van der Waals surface area contributed by atoms with Gasteiger partial charge in [-0.25, -0.2) is 8.42 Å². The summed E-state index contributed by atoms with van der Waals surface area (Å²) >= 11 is 18.6. The van der Waals surface area contributed by atoms with Gasteiger partial charge in [0.2, 0.25) is 21.8 Å². The van der Waals surface area contributed by atoms with Crippen LogP contribution in [-0.4, -0.2) is 50.5 Å². The van der Waals surface area contributed by atoms with E-state index in [0.29, 0.717) is 32.9 Å². The number of rotatable bonds is 13. The highest BCUT2D eigenvalue weighted by atomic mass is 35.5. The molecule has 0 spiro atoms. The lowest BCUT2D eigenvalue weighted by Crippen LogP contribution is -2.48. The molecule has 36 heavy (non-hydrogen) atoms. The van der Waals surface area contributed by atoms with E-state index in [-0.39, 0.29) is 37.7 Å². The summed E-state index contributed by atoms with van der Waals surface area (Å²) in [5.41, 5.74) is 0.999. The Labute approximate surface area is 228 Å². The Kier molecular flexibility index (Phi) is 11.8. The van der Waals surface area contributed by atoms with Crippen LogP contribution < -0.4 is 9.62 Å². The SMILES string of the molecule is CCCCNC(=O)[C@@H](C)N(Cc1c(Cl)cccc1Cl)C(=O)CCCN(c1ccc(Cl)cc1)S(C)(=O)=O. The van der Waals surface area contributed by atoms with E-state index in [1.54, 1.807) is 49.4 Å². The van der Waals surface area contributed by atoms with E-state index in [9.17, 15) is 18.0 Å². The molecule has 0 saturated heterocycles. The molecule has 0 aromatic heterocycles. The summed E-state index contributed by atoms with van der Waals surface area (Å²) < 4.78 is 26.0. The first-order chi connectivity index (χ1) is 17.0. The number of halogens is 3. The highest BCUT2D eigenvalue weighted by molar-refractivity contribution is 7.92. The lowest BCUT2D eigenvalue weighted by Gasteiger charge is -2.30. The van der Waals surface area contributed by atoms with Crippen molar-refractivity contribution < 1.29 is 18.0 Å². The van der Waals surface area contributed by atoms with Crippen molar-refractivity contribution in [3.8, 4) is 0 Å². The van der Waals surface area contributed by atoms with Crippen LogP contribution in [0.1, 0.15) is 45.1 Å². The minimum absolute atomic E-state index is 0.0221. The quantitative estimate of drug-likeness (QED) is 0.318. The smallest absolute Gasteiger partial charge is 0.242 e. The van der Waals surface area contributed by atoms with Crippen LogP contribution in [0, 0.1) is 0 Å². The summed E-state index contributed by atoms with van der Waals surface area (Å²) in [4.78, 5) is 27.5. The molecular weight excluding hydrogens is 545 g/mol. The summed E-state index contributed by atoms with van der Waals surface area (Å²) in [5.74, 6) is -0.590. The number of unbranched alkanes of at least 4 members (excludes halogenated alkanes) is 1. The maximum atomic E-state index is 13.3. The fourth-order valence-corrected chi connectivity index (χ4v) is 5.19. The molecule has 11 heteroatoms. The normalized spacial score (nSPS) is 12.2. The average molecular weight is 577 g/mol. The summed E-state index contributed by atoms with van der Waals surface area (Å²) in [6.45, 7) is 4.32. The first kappa shape index (κ1) is 30.2. The topological polar surface area (TPSA) is 86.8 Å². The van der Waals surface area contributed by atoms with Gasteiger partial charge in [0.15, 0.2) is 0 Å². The van der Waals surface area contributed by atoms with Crippen molar-refractivity contribution in [2.45, 2.75) is 52.1 Å². The van der Waals surface area contributed by atoms with Gasteiger partial charge in [-0.15, -0.1) is 0 Å². The number of carbonyl (C=O) groups excluding carboxylic acids is 2. The predicted octanol–water partition coefficient (Wildman–Crippen LogP) is 5.53. The molecule has 1 atom stereocenters. The van der Waals surface area contributed by atoms with E-state index >= 15 is 0 Å². The summed E-state index contributed by atoms with van der Waals surface area (Å²) in [6, 6.07) is 10.7. The molecule has 198 valence electrons. The van der Waals surface area contributed by atoms with Gasteiger partial charge in [0.05, 0.1) is 11.9 Å². The second-order valence-corrected chi connectivity index (χ2v) is 11.6. The average Bonchev–Trinajstić information content (AvgIpc) is 2.81. The van der Waals surface area contributed by atoms with Crippen molar-refractivity contribution in [2.24, 2.45) is 0 Å². The van der Waals surface area contributed by atoms with Gasteiger partial charge in [0.1, 0.15) is 6.04 Å². The van der Waals surface area contributed by atoms with E-state index in [1.807, 2.05) is 6.92 Å². The maximum absolute atomic E-state index is 13.3. The van der Waals surface area contributed by atoms with E-state index in [1.165, 1.54) is 9.21 Å². The zero-order chi connectivity index (χ0) is 26.9. The second-order valence-electron chi connectivity index (χ2n) is 8.46. The van der Waals surface area contributed by atoms with Crippen LogP contribution in [-0.2, 0) is 26.2 Å². The van der Waals surface area contributed by atoms with E-state index < -0.39 is 16.1 Å². The first-order valence-corrected chi connectivity index (χ1v) is 14.7. The molecule has 2 amide bonds. The maximum Gasteiger partial charge on any atom is 0.242 e. The Morgan fingerprint density at radius 3 is 2.17 bits per heavy atom. The number of amides is 2. The molecule has 0 unspecified atom stereocenters. The molecule has 2 aromatic carbocycles. The number of carbonyl (C=O) groups is 2. The van der Waals surface area contributed by atoms with Crippen molar-refractivity contribution >= 4 is 62.3 Å². The highest BCUT2D eigenvalue weighted by Gasteiger charge is 2.27. The third kappa shape index (κ3) is 8.83. The summed E-state index contributed by atoms with van der Waals surface area (Å²) in [7, 11) is -3.59. The van der Waals surface area contributed by atoms with Crippen LogP contribution in [0.15, 0.2) is 42.5 Å². The van der Waals surface area contributed by atoms with Gasteiger partial charge in [-0.1, -0.05) is 54.2 Å². The van der Waals surface area contributed by atoms with Crippen LogP contribution in [0.2, 0.25) is 15.1 Å². The lowest BCUT2D eigenvalue weighted by molar-refractivity contribution is -0.140. The second kappa shape index (κ2) is 14.1. The van der Waals surface area contributed by atoms with Gasteiger partial charge < -0.3 is 10.2 Å². The van der Waals surface area contributed by atoms with Crippen molar-refractivity contribution in [1.29, 1.82) is 0 Å². The number of nitrogens with zero attached hydrogens (tertiary/aromatic N) is 2. The molecule has 0 radical (unpaired) electrons. The molecular formula is C25H32Cl3N3O4S. The van der Waals surface area contributed by atoms with Crippen molar-refractivity contribution in [2.75, 3.05) is 23.7 Å². The van der Waals surface area contributed by atoms with E-state index in [0.717, 1.165) is 19.1 Å². The monoisotopic (exact) mass is 575 g/mol. The van der Waals surface area contributed by atoms with Gasteiger partial charge >= 0.3 is 0 Å². The zero-order valence-electron chi connectivity index (χ0n) is 20.6. The molecule has 0 saturated carbocycles. The minimum atomic E-state index is -3.59. The van der Waals surface area contributed by atoms with Crippen LogP contribution in [0.25, 0.3) is 0 Å². The molecule has 7 nitrogen and oxygen atoms in total. The molecule has 1 N–H and O–H groups in total. The Morgan fingerprint density at radius 1 is 1.00 bits per heavy atom. The number of sulfonamides is 1. The predicted molar refractivity (Wildman–Crippen MR) is 147 cm³/mol. The van der Waals surface area contributed by atoms with E-state index in [4.69, 9.17) is 34.8 Å². The van der Waals surface area contributed by atoms with Crippen LogP contribution in [0.4, 0.5) is 5.69 Å². The molecule has 0 fully saturated rings. The molecule has 0 aliphatic heterocycles. The Hall–Kier alpha value is -2.00. The first-order valence-electron chi connectivity index (χ1n) is 11.7. The number of nitrogens with one attached hydrogen (secondary N) is 1. The zero-order valence-corrected chi connectivity index (χ0v) is 23.7. The van der Waals surface area contributed by atoms with Crippen LogP contribution in [0.3, 0.4) is 0 Å². The minimum Gasteiger partial charge on any atom is -0.354 e. The fraction of sp³-hybridized carbons (Fsp3) is 0.440. The largest absolute Gasteiger partial charge is 0.354 e. The third-order valence-electron chi connectivity index (χ3n) is 5.65. The number of benzene rings is 2. The van der Waals surface area contributed by atoms with Crippen LogP contribution >= 0.6 is 34.8 Å². The van der Waals surface area contributed by atoms with Gasteiger partial charge in [-0.3, -0.25) is 13.9 Å². The van der Waals surface area contributed by atoms with Gasteiger partial charge in [-0.05, 0) is 56.2 Å². The molecule has 0 aliphatic carbocycles. The number of hydrogen-bond acceptors (Lipinski definition) is 4. The molecule has 0 bridgehead atoms. The number of anilines is 1. The highest BCUT2D eigenvalue weighted by Crippen LogP contribution is 2.27. The third-order valence-corrected chi connectivity index (χ3v) is 7.81. The van der Waals surface area contributed by atoms with Gasteiger partial charge in [0.25, 0.3) is 0 Å². The van der Waals surface area contributed by atoms with Crippen molar-refractivity contribution in [3.63, 3.8) is 0 Å². The van der Waals surface area contributed by atoms with Crippen molar-refractivity contribution in [1.82, 2.24) is 10.2 Å². The molecule has 0 aliphatic rings. The molecule has 0 heterocycles. The Balaban J connectivity index is 2.19. The van der Waals surface area contributed by atoms with Crippen LogP contribution in [0.5, 0.6) is 0 Å². The molecule has 2 rings (SSSR count). The summed E-state index contributed by atoms with van der Waals surface area (Å²) in [6.07, 6.45) is 3.13. The van der Waals surface area contributed by atoms with Crippen molar-refractivity contribution in [3.05, 3.63) is 63.1 Å². The van der Waals surface area contributed by atoms with Gasteiger partial charge in [0, 0.05) is 46.7 Å². The standard InChI is InChI=1S/C25H32Cl3N3O4S/c1-4-5-15-29-25(33)18(2)30(17-21-22(27)8-6-9-23(21)28)24(32)10-7-16-31(36(3,34)35)20-13-11-19(26)12-14-20/h6,8-9,11-14,18H,4-5,7,10,15-17H2,1-3H3,(H,29,33)/t18-/m1/s1.